The number of hydrogen-bond acceptors (Lipinski definition) is 3. The van der Waals surface area contributed by atoms with Crippen LogP contribution in [0.15, 0.2) is 47.6 Å². The van der Waals surface area contributed by atoms with Crippen LogP contribution >= 0.6 is 0 Å². The molecule has 0 bridgehead atoms. The molecule has 0 amide bonds. The van der Waals surface area contributed by atoms with Crippen LogP contribution in [-0.2, 0) is 4.84 Å². The number of nitrogens with zero attached hydrogens (tertiary/aromatic N) is 2. The van der Waals surface area contributed by atoms with Crippen LogP contribution in [0.5, 0.6) is 0 Å². The second-order valence-electron chi connectivity index (χ2n) is 5.79. The topological polar surface area (TPSA) is 45.4 Å². The van der Waals surface area contributed by atoms with Gasteiger partial charge in [0.2, 0.25) is 6.10 Å². The van der Waals surface area contributed by atoms with E-state index in [9.17, 15) is 5.26 Å². The first-order valence-electron chi connectivity index (χ1n) is 7.38. The van der Waals surface area contributed by atoms with Gasteiger partial charge in [-0.25, -0.2) is 0 Å². The van der Waals surface area contributed by atoms with Crippen LogP contribution in [0.4, 0.5) is 0 Å². The minimum Gasteiger partial charge on any atom is -0.376 e. The van der Waals surface area contributed by atoms with Crippen molar-refractivity contribution in [3.63, 3.8) is 0 Å². The van der Waals surface area contributed by atoms with E-state index in [-0.39, 0.29) is 5.92 Å². The minimum absolute atomic E-state index is 0.147. The first-order valence-corrected chi connectivity index (χ1v) is 7.38. The van der Waals surface area contributed by atoms with Crippen molar-refractivity contribution in [2.75, 3.05) is 0 Å². The van der Waals surface area contributed by atoms with Gasteiger partial charge in [-0.05, 0) is 37.5 Å². The monoisotopic (exact) mass is 290 g/mol. The lowest BCUT2D eigenvalue weighted by Crippen LogP contribution is -2.22. The molecule has 0 aliphatic carbocycles. The molecule has 0 saturated carbocycles. The van der Waals surface area contributed by atoms with Gasteiger partial charge in [0, 0.05) is 5.56 Å². The van der Waals surface area contributed by atoms with Crippen molar-refractivity contribution in [2.24, 2.45) is 5.16 Å². The fraction of sp³-hybridized carbons (Fsp3) is 0.263. The van der Waals surface area contributed by atoms with E-state index in [0.717, 1.165) is 16.8 Å². The predicted octanol–water partition coefficient (Wildman–Crippen LogP) is 4.02. The highest BCUT2D eigenvalue weighted by molar-refractivity contribution is 6.08. The molecular weight excluding hydrogens is 272 g/mol. The third-order valence-corrected chi connectivity index (χ3v) is 4.08. The molecule has 0 radical (unpaired) electrons. The molecule has 0 spiro atoms. The van der Waals surface area contributed by atoms with Gasteiger partial charge in [-0.2, -0.15) is 5.26 Å². The van der Waals surface area contributed by atoms with Crippen LogP contribution in [0.2, 0.25) is 0 Å². The van der Waals surface area contributed by atoms with Crippen molar-refractivity contribution in [3.8, 4) is 6.07 Å². The lowest BCUT2D eigenvalue weighted by atomic mass is 9.83. The first-order chi connectivity index (χ1) is 10.6. The Morgan fingerprint density at radius 3 is 2.27 bits per heavy atom. The van der Waals surface area contributed by atoms with E-state index >= 15 is 0 Å². The number of oxime groups is 1. The van der Waals surface area contributed by atoms with Crippen molar-refractivity contribution in [3.05, 3.63) is 70.3 Å². The average Bonchev–Trinajstić information content (AvgIpc) is 2.90. The molecule has 2 aromatic rings. The molecule has 0 N–H and O–H groups in total. The zero-order valence-corrected chi connectivity index (χ0v) is 13.0. The van der Waals surface area contributed by atoms with Crippen LogP contribution in [0.25, 0.3) is 0 Å². The largest absolute Gasteiger partial charge is 0.376 e. The second-order valence-corrected chi connectivity index (χ2v) is 5.79. The molecule has 2 aromatic carbocycles. The molecule has 1 aliphatic heterocycles. The summed E-state index contributed by atoms with van der Waals surface area (Å²) in [5.74, 6) is -0.147. The Bertz CT molecular complexity index is 749. The molecule has 3 nitrogen and oxygen atoms in total. The normalized spacial score (nSPS) is 20.2. The van der Waals surface area contributed by atoms with Crippen molar-refractivity contribution in [1.82, 2.24) is 0 Å². The van der Waals surface area contributed by atoms with E-state index < -0.39 is 6.10 Å². The summed E-state index contributed by atoms with van der Waals surface area (Å²) in [5, 5.41) is 13.7. The Hall–Kier alpha value is -2.60. The number of rotatable bonds is 2. The quantitative estimate of drug-likeness (QED) is 0.838. The smallest absolute Gasteiger partial charge is 0.225 e. The summed E-state index contributed by atoms with van der Waals surface area (Å²) in [6.07, 6.45) is -0.572. The highest BCUT2D eigenvalue weighted by Crippen LogP contribution is 2.34. The van der Waals surface area contributed by atoms with E-state index in [1.54, 1.807) is 0 Å². The number of aryl methyl sites for hydroxylation is 3. The summed E-state index contributed by atoms with van der Waals surface area (Å²) in [6.45, 7) is 6.25. The standard InChI is InChI=1S/C19H18N2O/c1-12-9-13(2)17(14(3)10-12)19-18(16(11-20)22-21-19)15-7-5-4-6-8-15/h4-10,16,18H,1-3H3/t16-,18-/m0/s1. The van der Waals surface area contributed by atoms with Crippen LogP contribution in [0.1, 0.15) is 33.7 Å². The van der Waals surface area contributed by atoms with Crippen molar-refractivity contribution < 1.29 is 4.84 Å². The Kier molecular flexibility index (Phi) is 3.68. The van der Waals surface area contributed by atoms with Crippen molar-refractivity contribution in [1.29, 1.82) is 5.26 Å². The van der Waals surface area contributed by atoms with E-state index in [0.29, 0.717) is 0 Å². The van der Waals surface area contributed by atoms with Crippen molar-refractivity contribution >= 4 is 5.71 Å². The van der Waals surface area contributed by atoms with Crippen LogP contribution < -0.4 is 0 Å². The fourth-order valence-electron chi connectivity index (χ4n) is 3.25. The van der Waals surface area contributed by atoms with Crippen LogP contribution in [0, 0.1) is 32.1 Å². The summed E-state index contributed by atoms with van der Waals surface area (Å²) in [5.41, 5.74) is 6.57. The number of hydrogen-bond donors (Lipinski definition) is 0. The predicted molar refractivity (Wildman–Crippen MR) is 86.9 cm³/mol. The van der Waals surface area contributed by atoms with Gasteiger partial charge in [0.25, 0.3) is 0 Å². The summed E-state index contributed by atoms with van der Waals surface area (Å²) >= 11 is 0. The summed E-state index contributed by atoms with van der Waals surface area (Å²) in [6, 6.07) is 16.5. The van der Waals surface area contributed by atoms with E-state index in [4.69, 9.17) is 4.84 Å². The molecule has 0 fully saturated rings. The Balaban J connectivity index is 2.13. The first kappa shape index (κ1) is 14.3. The lowest BCUT2D eigenvalue weighted by molar-refractivity contribution is 0.116. The third kappa shape index (κ3) is 2.37. The third-order valence-electron chi connectivity index (χ3n) is 4.08. The Morgan fingerprint density at radius 1 is 1.05 bits per heavy atom. The summed E-state index contributed by atoms with van der Waals surface area (Å²) in [7, 11) is 0. The maximum Gasteiger partial charge on any atom is 0.225 e. The van der Waals surface area contributed by atoms with Gasteiger partial charge in [-0.15, -0.1) is 0 Å². The highest BCUT2D eigenvalue weighted by atomic mass is 16.6. The van der Waals surface area contributed by atoms with Gasteiger partial charge in [0.05, 0.1) is 11.6 Å². The average molecular weight is 290 g/mol. The molecule has 3 rings (SSSR count). The van der Waals surface area contributed by atoms with Crippen molar-refractivity contribution in [2.45, 2.75) is 32.8 Å². The zero-order valence-electron chi connectivity index (χ0n) is 13.0. The molecule has 110 valence electrons. The Morgan fingerprint density at radius 2 is 1.68 bits per heavy atom. The molecule has 1 aliphatic rings. The summed E-state index contributed by atoms with van der Waals surface area (Å²) < 4.78 is 0. The number of benzene rings is 2. The van der Waals surface area contributed by atoms with Gasteiger partial charge in [-0.1, -0.05) is 53.2 Å². The maximum absolute atomic E-state index is 9.40. The Labute approximate surface area is 130 Å². The molecule has 3 heteroatoms. The van der Waals surface area contributed by atoms with Crippen LogP contribution in [-0.4, -0.2) is 11.8 Å². The number of nitriles is 1. The molecule has 0 unspecified atom stereocenters. The van der Waals surface area contributed by atoms with Gasteiger partial charge in [0.1, 0.15) is 6.07 Å². The summed E-state index contributed by atoms with van der Waals surface area (Å²) in [4.78, 5) is 5.40. The molecule has 2 atom stereocenters. The molecule has 1 heterocycles. The fourth-order valence-corrected chi connectivity index (χ4v) is 3.25. The van der Waals surface area contributed by atoms with Gasteiger partial charge in [0.15, 0.2) is 0 Å². The lowest BCUT2D eigenvalue weighted by Gasteiger charge is -2.17. The van der Waals surface area contributed by atoms with Gasteiger partial charge >= 0.3 is 0 Å². The minimum atomic E-state index is -0.572. The molecule has 22 heavy (non-hydrogen) atoms. The molecular formula is C19H18N2O. The maximum atomic E-state index is 9.40. The van der Waals surface area contributed by atoms with E-state index in [2.05, 4.69) is 44.1 Å². The zero-order chi connectivity index (χ0) is 15.7. The molecule has 0 saturated heterocycles. The van der Waals surface area contributed by atoms with Gasteiger partial charge in [-0.3, -0.25) is 0 Å². The highest BCUT2D eigenvalue weighted by Gasteiger charge is 2.37. The van der Waals surface area contributed by atoms with E-state index in [1.165, 1.54) is 16.7 Å². The van der Waals surface area contributed by atoms with E-state index in [1.807, 2.05) is 30.3 Å². The second kappa shape index (κ2) is 5.65. The van der Waals surface area contributed by atoms with Gasteiger partial charge < -0.3 is 4.84 Å². The van der Waals surface area contributed by atoms with Crippen LogP contribution in [0.3, 0.4) is 0 Å². The SMILES string of the molecule is Cc1cc(C)c(C2=NO[C@@H](C#N)[C@@H]2c2ccccc2)c(C)c1. The molecule has 0 aromatic heterocycles.